The molecule has 0 amide bonds. The molecule has 2 atom stereocenters. The first kappa shape index (κ1) is 14.0. The minimum absolute atomic E-state index is 0.00453. The fourth-order valence-corrected chi connectivity index (χ4v) is 3.77. The van der Waals surface area contributed by atoms with E-state index in [1.54, 1.807) is 6.92 Å². The molecule has 17 heavy (non-hydrogen) atoms. The second-order valence-electron chi connectivity index (χ2n) is 3.92. The van der Waals surface area contributed by atoms with E-state index in [1.165, 1.54) is 0 Å². The molecule has 0 radical (unpaired) electrons. The first-order chi connectivity index (χ1) is 7.91. The standard InChI is InChI=1S/C10H16O6S/c1-3-16-10(12)8(9(11)15-2)7-4-5-17(13,14)6-7/h7-8H,3-6H2,1-2H3/t7-,8+/m1/s1. The van der Waals surface area contributed by atoms with Crippen molar-refractivity contribution in [1.82, 2.24) is 0 Å². The van der Waals surface area contributed by atoms with E-state index in [9.17, 15) is 18.0 Å². The fourth-order valence-electron chi connectivity index (χ4n) is 1.93. The Morgan fingerprint density at radius 1 is 1.35 bits per heavy atom. The Bertz CT molecular complexity index is 399. The largest absolute Gasteiger partial charge is 0.468 e. The Labute approximate surface area is 100 Å². The molecule has 98 valence electrons. The highest BCUT2D eigenvalue weighted by atomic mass is 32.2. The van der Waals surface area contributed by atoms with Crippen LogP contribution in [0.25, 0.3) is 0 Å². The lowest BCUT2D eigenvalue weighted by Gasteiger charge is -2.18. The van der Waals surface area contributed by atoms with Crippen LogP contribution >= 0.6 is 0 Å². The molecule has 1 aliphatic heterocycles. The molecule has 0 bridgehead atoms. The summed E-state index contributed by atoms with van der Waals surface area (Å²) in [4.78, 5) is 23.1. The fraction of sp³-hybridized carbons (Fsp3) is 0.800. The van der Waals surface area contributed by atoms with Gasteiger partial charge in [0.2, 0.25) is 0 Å². The van der Waals surface area contributed by atoms with Gasteiger partial charge in [-0.1, -0.05) is 0 Å². The Morgan fingerprint density at radius 2 is 2.00 bits per heavy atom. The van der Waals surface area contributed by atoms with Gasteiger partial charge in [-0.05, 0) is 19.3 Å². The third-order valence-corrected chi connectivity index (χ3v) is 4.53. The van der Waals surface area contributed by atoms with E-state index >= 15 is 0 Å². The molecule has 0 aromatic heterocycles. The van der Waals surface area contributed by atoms with Crippen molar-refractivity contribution in [2.75, 3.05) is 25.2 Å². The molecule has 1 aliphatic rings. The van der Waals surface area contributed by atoms with E-state index in [1.807, 2.05) is 0 Å². The normalized spacial score (nSPS) is 24.0. The average molecular weight is 264 g/mol. The molecule has 6 nitrogen and oxygen atoms in total. The Balaban J connectivity index is 2.84. The summed E-state index contributed by atoms with van der Waals surface area (Å²) in [6, 6.07) is 0. The zero-order chi connectivity index (χ0) is 13.1. The van der Waals surface area contributed by atoms with Gasteiger partial charge in [-0.25, -0.2) is 8.42 Å². The molecular formula is C10H16O6S. The number of hydrogen-bond acceptors (Lipinski definition) is 6. The summed E-state index contributed by atoms with van der Waals surface area (Å²) in [5.41, 5.74) is 0. The van der Waals surface area contributed by atoms with Gasteiger partial charge in [0.25, 0.3) is 0 Å². The smallest absolute Gasteiger partial charge is 0.320 e. The van der Waals surface area contributed by atoms with Crippen LogP contribution in [0.15, 0.2) is 0 Å². The van der Waals surface area contributed by atoms with Crippen LogP contribution in [0.5, 0.6) is 0 Å². The average Bonchev–Trinajstić information content (AvgIpc) is 2.59. The zero-order valence-corrected chi connectivity index (χ0v) is 10.7. The molecule has 0 aliphatic carbocycles. The maximum absolute atomic E-state index is 11.6. The summed E-state index contributed by atoms with van der Waals surface area (Å²) in [6.07, 6.45) is 0.293. The van der Waals surface area contributed by atoms with Gasteiger partial charge in [0.05, 0.1) is 25.2 Å². The number of rotatable bonds is 4. The third-order valence-electron chi connectivity index (χ3n) is 2.73. The van der Waals surface area contributed by atoms with Gasteiger partial charge in [0, 0.05) is 0 Å². The van der Waals surface area contributed by atoms with Crippen molar-refractivity contribution in [3.05, 3.63) is 0 Å². The molecule has 0 aromatic rings. The van der Waals surface area contributed by atoms with Crippen LogP contribution in [-0.4, -0.2) is 45.6 Å². The maximum atomic E-state index is 11.6. The van der Waals surface area contributed by atoms with E-state index in [4.69, 9.17) is 4.74 Å². The number of esters is 2. The van der Waals surface area contributed by atoms with Crippen LogP contribution in [-0.2, 0) is 28.9 Å². The lowest BCUT2D eigenvalue weighted by atomic mass is 9.92. The predicted molar refractivity (Wildman–Crippen MR) is 58.9 cm³/mol. The number of carbonyl (C=O) groups is 2. The lowest BCUT2D eigenvalue weighted by Crippen LogP contribution is -2.34. The molecule has 1 fully saturated rings. The third kappa shape index (κ3) is 3.42. The van der Waals surface area contributed by atoms with Crippen LogP contribution in [0.4, 0.5) is 0 Å². The molecule has 1 rings (SSSR count). The summed E-state index contributed by atoms with van der Waals surface area (Å²) in [7, 11) is -1.98. The SMILES string of the molecule is CCOC(=O)[C@H](C(=O)OC)[C@@H]1CCS(=O)(=O)C1. The van der Waals surface area contributed by atoms with Gasteiger partial charge in [-0.3, -0.25) is 9.59 Å². The summed E-state index contributed by atoms with van der Waals surface area (Å²) in [5.74, 6) is -3.26. The summed E-state index contributed by atoms with van der Waals surface area (Å²) in [6.45, 7) is 1.77. The van der Waals surface area contributed by atoms with Gasteiger partial charge < -0.3 is 9.47 Å². The van der Waals surface area contributed by atoms with Gasteiger partial charge in [0.1, 0.15) is 0 Å². The molecular weight excluding hydrogens is 248 g/mol. The van der Waals surface area contributed by atoms with Crippen molar-refractivity contribution in [3.8, 4) is 0 Å². The highest BCUT2D eigenvalue weighted by Gasteiger charge is 2.43. The van der Waals surface area contributed by atoms with E-state index in [0.717, 1.165) is 7.11 Å². The number of ether oxygens (including phenoxy) is 2. The quantitative estimate of drug-likeness (QED) is 0.515. The number of sulfone groups is 1. The van der Waals surface area contributed by atoms with Crippen LogP contribution in [0.3, 0.4) is 0 Å². The monoisotopic (exact) mass is 264 g/mol. The van der Waals surface area contributed by atoms with Crippen LogP contribution < -0.4 is 0 Å². The molecule has 0 N–H and O–H groups in total. The molecule has 0 unspecified atom stereocenters. The van der Waals surface area contributed by atoms with Crippen molar-refractivity contribution in [2.45, 2.75) is 13.3 Å². The van der Waals surface area contributed by atoms with Crippen LogP contribution in [0.1, 0.15) is 13.3 Å². The predicted octanol–water partition coefficient (Wildman–Crippen LogP) is -0.227. The van der Waals surface area contributed by atoms with Crippen molar-refractivity contribution >= 4 is 21.8 Å². The van der Waals surface area contributed by atoms with Crippen molar-refractivity contribution in [3.63, 3.8) is 0 Å². The van der Waals surface area contributed by atoms with Crippen molar-refractivity contribution in [2.24, 2.45) is 11.8 Å². The minimum Gasteiger partial charge on any atom is -0.468 e. The molecule has 1 saturated heterocycles. The van der Waals surface area contributed by atoms with E-state index in [0.29, 0.717) is 6.42 Å². The Hall–Kier alpha value is -1.11. The lowest BCUT2D eigenvalue weighted by molar-refractivity contribution is -0.162. The van der Waals surface area contributed by atoms with Crippen molar-refractivity contribution < 1.29 is 27.5 Å². The molecule has 0 saturated carbocycles. The Morgan fingerprint density at radius 3 is 2.41 bits per heavy atom. The minimum atomic E-state index is -3.15. The Kier molecular flexibility index (Phi) is 4.50. The number of methoxy groups -OCH3 is 1. The van der Waals surface area contributed by atoms with Crippen LogP contribution in [0, 0.1) is 11.8 Å². The van der Waals surface area contributed by atoms with Crippen LogP contribution in [0.2, 0.25) is 0 Å². The van der Waals surface area contributed by atoms with E-state index in [2.05, 4.69) is 4.74 Å². The second kappa shape index (κ2) is 5.48. The van der Waals surface area contributed by atoms with Gasteiger partial charge in [-0.15, -0.1) is 0 Å². The zero-order valence-electron chi connectivity index (χ0n) is 9.84. The highest BCUT2D eigenvalue weighted by Crippen LogP contribution is 2.27. The van der Waals surface area contributed by atoms with E-state index < -0.39 is 33.6 Å². The second-order valence-corrected chi connectivity index (χ2v) is 6.14. The summed E-state index contributed by atoms with van der Waals surface area (Å²) < 4.78 is 32.0. The molecule has 0 aromatic carbocycles. The van der Waals surface area contributed by atoms with Gasteiger partial charge in [0.15, 0.2) is 15.8 Å². The highest BCUT2D eigenvalue weighted by molar-refractivity contribution is 7.91. The van der Waals surface area contributed by atoms with E-state index in [-0.39, 0.29) is 18.1 Å². The number of hydrogen-bond donors (Lipinski definition) is 0. The van der Waals surface area contributed by atoms with Gasteiger partial charge >= 0.3 is 11.9 Å². The summed E-state index contributed by atoms with van der Waals surface area (Å²) >= 11 is 0. The first-order valence-corrected chi connectivity index (χ1v) is 7.18. The first-order valence-electron chi connectivity index (χ1n) is 5.36. The molecule has 0 spiro atoms. The van der Waals surface area contributed by atoms with Gasteiger partial charge in [-0.2, -0.15) is 0 Å². The van der Waals surface area contributed by atoms with Crippen molar-refractivity contribution in [1.29, 1.82) is 0 Å². The molecule has 7 heteroatoms. The maximum Gasteiger partial charge on any atom is 0.320 e. The molecule has 1 heterocycles. The number of carbonyl (C=O) groups excluding carboxylic acids is 2. The summed E-state index contributed by atoms with van der Waals surface area (Å²) in [5, 5.41) is 0. The topological polar surface area (TPSA) is 86.7 Å².